The summed E-state index contributed by atoms with van der Waals surface area (Å²) in [4.78, 5) is 18.9. The number of rotatable bonds is 4. The molecule has 1 aromatic heterocycles. The first-order valence-corrected chi connectivity index (χ1v) is 11.2. The minimum atomic E-state index is -0.338. The first kappa shape index (κ1) is 22.1. The monoisotopic (exact) mass is 490 g/mol. The number of carbonyl (C=O) groups excluding carboxylic acids is 1. The largest absolute Gasteiger partial charge is 0.329 e. The van der Waals surface area contributed by atoms with Crippen LogP contribution in [0.1, 0.15) is 27.2 Å². The van der Waals surface area contributed by atoms with Crippen LogP contribution in [0.4, 0.5) is 4.39 Å². The minimum absolute atomic E-state index is 0.0428. The van der Waals surface area contributed by atoms with Gasteiger partial charge in [0.25, 0.3) is 5.91 Å². The highest BCUT2D eigenvalue weighted by atomic mass is 35.5. The van der Waals surface area contributed by atoms with Crippen molar-refractivity contribution in [3.8, 4) is 16.9 Å². The van der Waals surface area contributed by atoms with Gasteiger partial charge in [-0.25, -0.2) is 15.6 Å². The summed E-state index contributed by atoms with van der Waals surface area (Å²) in [5.41, 5.74) is 4.28. The van der Waals surface area contributed by atoms with E-state index in [0.717, 1.165) is 16.7 Å². The molecule has 0 fully saturated rings. The van der Waals surface area contributed by atoms with Crippen LogP contribution in [-0.2, 0) is 19.6 Å². The maximum absolute atomic E-state index is 13.7. The highest BCUT2D eigenvalue weighted by Gasteiger charge is 2.32. The second-order valence-electron chi connectivity index (χ2n) is 7.94. The van der Waals surface area contributed by atoms with Crippen LogP contribution in [0.15, 0.2) is 66.7 Å². The van der Waals surface area contributed by atoms with Gasteiger partial charge >= 0.3 is 0 Å². The van der Waals surface area contributed by atoms with Gasteiger partial charge in [-0.05, 0) is 47.5 Å². The number of benzene rings is 3. The molecule has 5 nitrogen and oxygen atoms in total. The quantitative estimate of drug-likeness (QED) is 0.304. The van der Waals surface area contributed by atoms with Gasteiger partial charge < -0.3 is 9.74 Å². The fraction of sp³-hybridized carbons (Fsp3) is 0.115. The molecular formula is C26H17Cl2FN4O. The van der Waals surface area contributed by atoms with E-state index in [9.17, 15) is 9.18 Å². The molecule has 5 rings (SSSR count). The maximum atomic E-state index is 13.7. The van der Waals surface area contributed by atoms with E-state index in [4.69, 9.17) is 29.8 Å². The number of amides is 1. The first-order valence-electron chi connectivity index (χ1n) is 10.5. The Labute approximate surface area is 205 Å². The zero-order chi connectivity index (χ0) is 23.8. The maximum Gasteiger partial charge on any atom is 0.275 e. The number of halogens is 3. The molecule has 0 saturated heterocycles. The number of carbonyl (C=O) groups is 1. The van der Waals surface area contributed by atoms with Crippen LogP contribution in [-0.4, -0.2) is 20.6 Å². The number of aromatic nitrogens is 2. The molecule has 0 N–H and O–H groups in total. The van der Waals surface area contributed by atoms with E-state index in [1.165, 1.54) is 12.1 Å². The molecule has 0 saturated carbocycles. The highest BCUT2D eigenvalue weighted by molar-refractivity contribution is 6.32. The second kappa shape index (κ2) is 8.94. The molecule has 0 spiro atoms. The molecular weight excluding hydrogens is 474 g/mol. The predicted octanol–water partition coefficient (Wildman–Crippen LogP) is 6.56. The van der Waals surface area contributed by atoms with Crippen LogP contribution in [0, 0.1) is 12.4 Å². The summed E-state index contributed by atoms with van der Waals surface area (Å²) >= 11 is 12.6. The lowest BCUT2D eigenvalue weighted by Crippen LogP contribution is -2.26. The van der Waals surface area contributed by atoms with E-state index >= 15 is 0 Å². The minimum Gasteiger partial charge on any atom is -0.329 e. The third kappa shape index (κ3) is 3.94. The molecule has 34 heavy (non-hydrogen) atoms. The number of fused-ring (bicyclic) bond motifs is 1. The lowest BCUT2D eigenvalue weighted by Gasteiger charge is -2.14. The number of nitrogens with zero attached hydrogens (tertiary/aromatic N) is 4. The van der Waals surface area contributed by atoms with Gasteiger partial charge in [-0.1, -0.05) is 53.5 Å². The Hall–Kier alpha value is -3.66. The Morgan fingerprint density at radius 2 is 1.76 bits per heavy atom. The van der Waals surface area contributed by atoms with E-state index in [1.807, 2.05) is 24.3 Å². The van der Waals surface area contributed by atoms with Crippen molar-refractivity contribution in [3.05, 3.63) is 116 Å². The van der Waals surface area contributed by atoms with Crippen LogP contribution < -0.4 is 0 Å². The normalized spacial score (nSPS) is 12.5. The Morgan fingerprint density at radius 1 is 1.03 bits per heavy atom. The van der Waals surface area contributed by atoms with Crippen LogP contribution in [0.2, 0.25) is 10.0 Å². The molecule has 0 atom stereocenters. The van der Waals surface area contributed by atoms with Crippen LogP contribution in [0.25, 0.3) is 21.8 Å². The average Bonchev–Trinajstić information content (AvgIpc) is 3.41. The van der Waals surface area contributed by atoms with Gasteiger partial charge in [0.1, 0.15) is 5.82 Å². The van der Waals surface area contributed by atoms with Gasteiger partial charge in [-0.15, -0.1) is 0 Å². The fourth-order valence-corrected chi connectivity index (χ4v) is 4.55. The van der Waals surface area contributed by atoms with Crippen molar-refractivity contribution in [2.24, 2.45) is 0 Å². The Morgan fingerprint density at radius 3 is 2.50 bits per heavy atom. The fourth-order valence-electron chi connectivity index (χ4n) is 4.21. The highest BCUT2D eigenvalue weighted by Crippen LogP contribution is 2.34. The third-order valence-corrected chi connectivity index (χ3v) is 6.37. The van der Waals surface area contributed by atoms with Crippen molar-refractivity contribution >= 4 is 29.1 Å². The lowest BCUT2D eigenvalue weighted by atomic mass is 10.0. The third-order valence-electron chi connectivity index (χ3n) is 5.80. The van der Waals surface area contributed by atoms with E-state index < -0.39 is 0 Å². The number of para-hydroxylation sites is 1. The van der Waals surface area contributed by atoms with Gasteiger partial charge in [0.05, 0.1) is 22.0 Å². The van der Waals surface area contributed by atoms with Gasteiger partial charge in [-0.3, -0.25) is 4.79 Å². The summed E-state index contributed by atoms with van der Waals surface area (Å²) in [7, 11) is 0. The molecule has 168 valence electrons. The standard InChI is InChI=1S/C26H17Cl2FN4O/c1-30-13-21-24(26(34)32-14-17-8-11-20(29)12-18(17)15-32)31-33(23-5-3-2-4-22(23)28)25(21)16-6-9-19(27)10-7-16/h2-12H,13-15H2. The van der Waals surface area contributed by atoms with Crippen molar-refractivity contribution in [3.63, 3.8) is 0 Å². The van der Waals surface area contributed by atoms with Crippen LogP contribution in [0.5, 0.6) is 0 Å². The molecule has 2 heterocycles. The van der Waals surface area contributed by atoms with Crippen molar-refractivity contribution in [2.45, 2.75) is 19.6 Å². The van der Waals surface area contributed by atoms with E-state index in [2.05, 4.69) is 9.94 Å². The van der Waals surface area contributed by atoms with E-state index in [1.54, 1.807) is 39.9 Å². The van der Waals surface area contributed by atoms with Crippen LogP contribution >= 0.6 is 23.2 Å². The Balaban J connectivity index is 1.67. The van der Waals surface area contributed by atoms with Gasteiger partial charge in [-0.2, -0.15) is 5.10 Å². The van der Waals surface area contributed by atoms with Crippen molar-refractivity contribution in [2.75, 3.05) is 0 Å². The summed E-state index contributed by atoms with van der Waals surface area (Å²) in [6, 6.07) is 18.9. The van der Waals surface area contributed by atoms with Gasteiger partial charge in [0, 0.05) is 23.7 Å². The van der Waals surface area contributed by atoms with Crippen molar-refractivity contribution in [1.82, 2.24) is 14.7 Å². The molecule has 8 heteroatoms. The number of hydrogen-bond donors (Lipinski definition) is 0. The Bertz CT molecular complexity index is 1460. The summed E-state index contributed by atoms with van der Waals surface area (Å²) in [6.45, 7) is 8.12. The van der Waals surface area contributed by atoms with Crippen molar-refractivity contribution < 1.29 is 9.18 Å². The molecule has 0 unspecified atom stereocenters. The van der Waals surface area contributed by atoms with E-state index in [-0.39, 0.29) is 30.5 Å². The molecule has 0 bridgehead atoms. The topological polar surface area (TPSA) is 42.5 Å². The first-order chi connectivity index (χ1) is 16.5. The van der Waals surface area contributed by atoms with Crippen LogP contribution in [0.3, 0.4) is 0 Å². The molecule has 0 aliphatic carbocycles. The zero-order valence-corrected chi connectivity index (χ0v) is 19.3. The SMILES string of the molecule is [C-]#[N+]Cc1c(C(=O)N2Cc3ccc(F)cc3C2)nn(-c2ccccc2Cl)c1-c1ccc(Cl)cc1. The molecule has 0 radical (unpaired) electrons. The molecule has 4 aromatic rings. The van der Waals surface area contributed by atoms with Gasteiger partial charge in [0.2, 0.25) is 6.54 Å². The predicted molar refractivity (Wildman–Crippen MR) is 129 cm³/mol. The molecule has 1 amide bonds. The lowest BCUT2D eigenvalue weighted by molar-refractivity contribution is 0.0744. The molecule has 3 aromatic carbocycles. The van der Waals surface area contributed by atoms with Crippen molar-refractivity contribution in [1.29, 1.82) is 0 Å². The van der Waals surface area contributed by atoms with Gasteiger partial charge in [0.15, 0.2) is 5.69 Å². The molecule has 1 aliphatic rings. The zero-order valence-electron chi connectivity index (χ0n) is 17.8. The molecule has 1 aliphatic heterocycles. The summed E-state index contributed by atoms with van der Waals surface area (Å²) in [5.74, 6) is -0.661. The van der Waals surface area contributed by atoms with E-state index in [0.29, 0.717) is 33.5 Å². The summed E-state index contributed by atoms with van der Waals surface area (Å²) < 4.78 is 15.3. The number of hydrogen-bond acceptors (Lipinski definition) is 2. The smallest absolute Gasteiger partial charge is 0.275 e. The second-order valence-corrected chi connectivity index (χ2v) is 8.78. The summed E-state index contributed by atoms with van der Waals surface area (Å²) in [6.07, 6.45) is 0. The summed E-state index contributed by atoms with van der Waals surface area (Å²) in [5, 5.41) is 5.70. The Kier molecular flexibility index (Phi) is 5.82. The average molecular weight is 491 g/mol.